The van der Waals surface area contributed by atoms with Crippen molar-refractivity contribution in [2.75, 3.05) is 18.8 Å². The lowest BCUT2D eigenvalue weighted by Gasteiger charge is -2.31. The van der Waals surface area contributed by atoms with Crippen LogP contribution in [0.15, 0.2) is 72.1 Å². The van der Waals surface area contributed by atoms with Crippen molar-refractivity contribution in [3.05, 3.63) is 110 Å². The summed E-state index contributed by atoms with van der Waals surface area (Å²) in [5.74, 6) is -1.62. The summed E-state index contributed by atoms with van der Waals surface area (Å²) in [6.07, 6.45) is -3.26. The van der Waals surface area contributed by atoms with Gasteiger partial charge in [-0.25, -0.2) is 9.78 Å². The summed E-state index contributed by atoms with van der Waals surface area (Å²) in [5, 5.41) is 12.3. The first kappa shape index (κ1) is 33.3. The van der Waals surface area contributed by atoms with E-state index >= 15 is 0 Å². The fraction of sp³-hybridized carbons (Fsp3) is 0.273. The van der Waals surface area contributed by atoms with E-state index in [4.69, 9.17) is 23.2 Å². The Kier molecular flexibility index (Phi) is 9.57. The van der Waals surface area contributed by atoms with Crippen LogP contribution in [0.2, 0.25) is 10.0 Å². The van der Waals surface area contributed by atoms with Gasteiger partial charge in [0, 0.05) is 35.7 Å². The van der Waals surface area contributed by atoms with Crippen molar-refractivity contribution in [1.29, 1.82) is 0 Å². The third kappa shape index (κ3) is 6.87. The van der Waals surface area contributed by atoms with E-state index in [0.29, 0.717) is 58.2 Å². The van der Waals surface area contributed by atoms with Crippen LogP contribution < -0.4 is 0 Å². The number of likely N-dealkylation sites (tertiary alicyclic amines) is 1. The highest BCUT2D eigenvalue weighted by Gasteiger charge is 2.43. The number of carbonyl (C=O) groups excluding carboxylic acids is 2. The Morgan fingerprint density at radius 2 is 1.62 bits per heavy atom. The zero-order chi connectivity index (χ0) is 33.5. The molecule has 244 valence electrons. The number of nitrogens with zero attached hydrogens (tertiary/aromatic N) is 3. The number of carboxylic acids is 1. The van der Waals surface area contributed by atoms with Crippen LogP contribution in [0.4, 0.5) is 13.2 Å². The number of hydrogen-bond acceptors (Lipinski definition) is 6. The number of alkyl halides is 3. The van der Waals surface area contributed by atoms with Crippen LogP contribution in [0.1, 0.15) is 61.1 Å². The second kappa shape index (κ2) is 13.5. The predicted octanol–water partition coefficient (Wildman–Crippen LogP) is 8.50. The number of thiazole rings is 1. The Bertz CT molecular complexity index is 1830. The minimum atomic E-state index is -4.45. The number of carboxylic acid groups (broad SMARTS) is 1. The van der Waals surface area contributed by atoms with Crippen LogP contribution in [0.5, 0.6) is 0 Å². The van der Waals surface area contributed by atoms with E-state index in [9.17, 15) is 32.7 Å². The fourth-order valence-corrected chi connectivity index (χ4v) is 8.51. The summed E-state index contributed by atoms with van der Waals surface area (Å²) in [6.45, 7) is 0.855. The molecule has 14 heteroatoms. The Hall–Kier alpha value is -3.58. The molecule has 2 aliphatic heterocycles. The minimum Gasteiger partial charge on any atom is -0.480 e. The maximum absolute atomic E-state index is 13.7. The first-order valence-corrected chi connectivity index (χ1v) is 17.2. The number of hydrogen-bond donors (Lipinski definition) is 1. The van der Waals surface area contributed by atoms with Gasteiger partial charge < -0.3 is 14.9 Å². The lowest BCUT2D eigenvalue weighted by Crippen LogP contribution is -2.43. The summed E-state index contributed by atoms with van der Waals surface area (Å²) in [4.78, 5) is 47.1. The Morgan fingerprint density at radius 1 is 0.915 bits per heavy atom. The largest absolute Gasteiger partial charge is 0.480 e. The van der Waals surface area contributed by atoms with Gasteiger partial charge in [0.15, 0.2) is 0 Å². The summed E-state index contributed by atoms with van der Waals surface area (Å²) in [7, 11) is 0. The molecule has 47 heavy (non-hydrogen) atoms. The van der Waals surface area contributed by atoms with Gasteiger partial charge in [0.1, 0.15) is 17.1 Å². The van der Waals surface area contributed by atoms with Crippen molar-refractivity contribution in [2.45, 2.75) is 36.4 Å². The number of carbonyl (C=O) groups is 3. The Labute approximate surface area is 286 Å². The van der Waals surface area contributed by atoms with Crippen molar-refractivity contribution >= 4 is 64.1 Å². The quantitative estimate of drug-likeness (QED) is 0.215. The molecule has 0 bridgehead atoms. The fourth-order valence-electron chi connectivity index (χ4n) is 5.83. The number of thioether (sulfide) groups is 1. The molecule has 2 aliphatic rings. The van der Waals surface area contributed by atoms with E-state index in [1.54, 1.807) is 52.7 Å². The third-order valence-electron chi connectivity index (χ3n) is 8.30. The first-order chi connectivity index (χ1) is 22.4. The highest BCUT2D eigenvalue weighted by atomic mass is 35.5. The van der Waals surface area contributed by atoms with Crippen LogP contribution in [0, 0.1) is 0 Å². The molecule has 1 aromatic heterocycles. The maximum atomic E-state index is 13.7. The molecule has 0 aliphatic carbocycles. The van der Waals surface area contributed by atoms with Gasteiger partial charge in [0.05, 0.1) is 20.6 Å². The highest BCUT2D eigenvalue weighted by Crippen LogP contribution is 2.44. The van der Waals surface area contributed by atoms with E-state index in [-0.39, 0.29) is 23.3 Å². The van der Waals surface area contributed by atoms with Gasteiger partial charge in [0.25, 0.3) is 11.8 Å². The van der Waals surface area contributed by atoms with E-state index in [1.807, 2.05) is 0 Å². The zero-order valence-corrected chi connectivity index (χ0v) is 27.6. The molecule has 0 spiro atoms. The number of benzene rings is 3. The monoisotopic (exact) mass is 719 g/mol. The predicted molar refractivity (Wildman–Crippen MR) is 176 cm³/mol. The maximum Gasteiger partial charge on any atom is 0.416 e. The van der Waals surface area contributed by atoms with Gasteiger partial charge in [-0.3, -0.25) is 9.59 Å². The second-order valence-electron chi connectivity index (χ2n) is 11.2. The minimum absolute atomic E-state index is 0.00940. The van der Waals surface area contributed by atoms with Gasteiger partial charge in [-0.2, -0.15) is 13.2 Å². The lowest BCUT2D eigenvalue weighted by atomic mass is 9.94. The normalized spacial score (nSPS) is 18.8. The summed E-state index contributed by atoms with van der Waals surface area (Å²) in [5.41, 5.74) is 1.53. The first-order valence-electron chi connectivity index (χ1n) is 14.6. The molecule has 2 atom stereocenters. The van der Waals surface area contributed by atoms with Crippen LogP contribution in [-0.2, 0) is 11.0 Å². The van der Waals surface area contributed by atoms with E-state index in [1.165, 1.54) is 40.1 Å². The van der Waals surface area contributed by atoms with Crippen LogP contribution >= 0.6 is 46.3 Å². The average molecular weight is 721 g/mol. The van der Waals surface area contributed by atoms with Crippen molar-refractivity contribution in [3.8, 4) is 11.1 Å². The molecule has 3 aromatic carbocycles. The molecular weight excluding hydrogens is 694 g/mol. The number of aliphatic carboxylic acids is 1. The molecular formula is C33H26Cl2F3N3O4S2. The van der Waals surface area contributed by atoms with Gasteiger partial charge in [0.2, 0.25) is 0 Å². The number of halogens is 5. The summed E-state index contributed by atoms with van der Waals surface area (Å²) in [6, 6.07) is 15.5. The van der Waals surface area contributed by atoms with E-state index in [2.05, 4.69) is 4.98 Å². The topological polar surface area (TPSA) is 90.8 Å². The number of piperidine rings is 1. The zero-order valence-electron chi connectivity index (χ0n) is 24.4. The van der Waals surface area contributed by atoms with Gasteiger partial charge in [-0.15, -0.1) is 23.1 Å². The van der Waals surface area contributed by atoms with Crippen molar-refractivity contribution < 1.29 is 32.7 Å². The van der Waals surface area contributed by atoms with E-state index < -0.39 is 35.0 Å². The SMILES string of the molecule is O=C(O)C1CSC(c2ccc(Cl)c(Cl)c2)N1C(=O)c1csc(C2CCN(C(=O)c3ccccc3-c3ccc(C(F)(F)F)cc3)CC2)n1. The third-order valence-corrected chi connectivity index (χ3v) is 11.4. The van der Waals surface area contributed by atoms with Crippen LogP contribution in [-0.4, -0.2) is 62.6 Å². The number of aromatic nitrogens is 1. The van der Waals surface area contributed by atoms with Gasteiger partial charge in [-0.1, -0.05) is 59.6 Å². The molecule has 1 N–H and O–H groups in total. The van der Waals surface area contributed by atoms with Crippen LogP contribution in [0.25, 0.3) is 11.1 Å². The molecule has 0 saturated carbocycles. The Balaban J connectivity index is 1.14. The second-order valence-corrected chi connectivity index (χ2v) is 14.0. The summed E-state index contributed by atoms with van der Waals surface area (Å²) < 4.78 is 39.2. The van der Waals surface area contributed by atoms with Crippen molar-refractivity contribution in [3.63, 3.8) is 0 Å². The molecule has 3 heterocycles. The van der Waals surface area contributed by atoms with Crippen molar-refractivity contribution in [2.24, 2.45) is 0 Å². The molecule has 6 rings (SSSR count). The molecule has 2 saturated heterocycles. The molecule has 0 radical (unpaired) electrons. The highest BCUT2D eigenvalue weighted by molar-refractivity contribution is 7.99. The average Bonchev–Trinajstić information content (AvgIpc) is 3.74. The molecule has 2 unspecified atom stereocenters. The number of rotatable bonds is 6. The standard InChI is InChI=1S/C33H26Cl2F3N3O4S2/c34-24-10-7-20(15-25(24)35)31-41(27(17-47-31)32(44)45)30(43)26-16-46-28(39-26)19-11-13-40(14-12-19)29(42)23-4-2-1-3-22(23)18-5-8-21(9-6-18)33(36,37)38/h1-10,15-16,19,27,31H,11-14,17H2,(H,44,45). The molecule has 2 amide bonds. The summed E-state index contributed by atoms with van der Waals surface area (Å²) >= 11 is 14.9. The van der Waals surface area contributed by atoms with Gasteiger partial charge in [-0.05, 0) is 59.9 Å². The van der Waals surface area contributed by atoms with Crippen LogP contribution in [0.3, 0.4) is 0 Å². The smallest absolute Gasteiger partial charge is 0.416 e. The van der Waals surface area contributed by atoms with Gasteiger partial charge >= 0.3 is 12.1 Å². The van der Waals surface area contributed by atoms with E-state index in [0.717, 1.165) is 17.1 Å². The molecule has 2 fully saturated rings. The van der Waals surface area contributed by atoms with Crippen molar-refractivity contribution in [1.82, 2.24) is 14.8 Å². The lowest BCUT2D eigenvalue weighted by molar-refractivity contribution is -0.141. The Morgan fingerprint density at radius 3 is 2.28 bits per heavy atom. The molecule has 4 aromatic rings. The molecule has 7 nitrogen and oxygen atoms in total. The number of amides is 2.